The Balaban J connectivity index is 1.46. The molecule has 0 atom stereocenters. The first-order valence-electron chi connectivity index (χ1n) is 11.3. The standard InChI is InChI=1S/C24H29N3O5S/c1-2-19-7-8-20(16-22(19)33(30,31)26-12-14-32-15-13-26)24(29)25-17-18-5-9-21(10-6-18)27-11-3-4-23(27)28/h5-10,16H,2-4,11-15,17H2,1H3,(H,25,29). The Morgan fingerprint density at radius 1 is 1.06 bits per heavy atom. The lowest BCUT2D eigenvalue weighted by Crippen LogP contribution is -2.41. The van der Waals surface area contributed by atoms with Gasteiger partial charge in [-0.3, -0.25) is 9.59 Å². The van der Waals surface area contributed by atoms with E-state index in [4.69, 9.17) is 4.74 Å². The number of amides is 2. The van der Waals surface area contributed by atoms with Crippen molar-refractivity contribution in [1.29, 1.82) is 0 Å². The number of aryl methyl sites for hydroxylation is 1. The Kier molecular flexibility index (Phi) is 7.11. The Labute approximate surface area is 194 Å². The largest absolute Gasteiger partial charge is 0.379 e. The van der Waals surface area contributed by atoms with Crippen LogP contribution in [0.1, 0.15) is 41.3 Å². The average molecular weight is 472 g/mol. The highest BCUT2D eigenvalue weighted by atomic mass is 32.2. The molecule has 1 N–H and O–H groups in total. The number of morpholine rings is 1. The van der Waals surface area contributed by atoms with Gasteiger partial charge in [-0.1, -0.05) is 25.1 Å². The normalized spacial score (nSPS) is 17.4. The van der Waals surface area contributed by atoms with Crippen LogP contribution in [-0.2, 0) is 32.5 Å². The van der Waals surface area contributed by atoms with E-state index in [-0.39, 0.29) is 16.7 Å². The van der Waals surface area contributed by atoms with E-state index in [1.54, 1.807) is 17.0 Å². The summed E-state index contributed by atoms with van der Waals surface area (Å²) in [6, 6.07) is 12.4. The van der Waals surface area contributed by atoms with Crippen LogP contribution in [0.3, 0.4) is 0 Å². The fourth-order valence-corrected chi connectivity index (χ4v) is 5.88. The van der Waals surface area contributed by atoms with Crippen LogP contribution >= 0.6 is 0 Å². The molecule has 2 saturated heterocycles. The Morgan fingerprint density at radius 2 is 1.79 bits per heavy atom. The third kappa shape index (κ3) is 5.10. The van der Waals surface area contributed by atoms with Crippen molar-refractivity contribution in [2.24, 2.45) is 0 Å². The molecule has 4 rings (SSSR count). The fraction of sp³-hybridized carbons (Fsp3) is 0.417. The number of anilines is 1. The van der Waals surface area contributed by atoms with Crippen molar-refractivity contribution in [2.45, 2.75) is 37.6 Å². The molecule has 0 saturated carbocycles. The molecule has 0 radical (unpaired) electrons. The van der Waals surface area contributed by atoms with Crippen LogP contribution in [0, 0.1) is 0 Å². The lowest BCUT2D eigenvalue weighted by Gasteiger charge is -2.27. The molecule has 0 aliphatic carbocycles. The van der Waals surface area contributed by atoms with Gasteiger partial charge in [0.2, 0.25) is 15.9 Å². The van der Waals surface area contributed by atoms with Gasteiger partial charge in [-0.2, -0.15) is 4.31 Å². The van der Waals surface area contributed by atoms with Gasteiger partial charge in [-0.15, -0.1) is 0 Å². The number of nitrogens with zero attached hydrogens (tertiary/aromatic N) is 2. The van der Waals surface area contributed by atoms with Gasteiger partial charge in [0.15, 0.2) is 0 Å². The van der Waals surface area contributed by atoms with Gasteiger partial charge in [-0.05, 0) is 48.2 Å². The molecule has 9 heteroatoms. The van der Waals surface area contributed by atoms with Crippen LogP contribution in [0.2, 0.25) is 0 Å². The second-order valence-corrected chi connectivity index (χ2v) is 10.1. The van der Waals surface area contributed by atoms with Gasteiger partial charge in [0, 0.05) is 43.9 Å². The number of ether oxygens (including phenoxy) is 1. The maximum atomic E-state index is 13.2. The highest BCUT2D eigenvalue weighted by Gasteiger charge is 2.29. The van der Waals surface area contributed by atoms with E-state index in [9.17, 15) is 18.0 Å². The minimum atomic E-state index is -3.70. The maximum absolute atomic E-state index is 13.2. The number of sulfonamides is 1. The fourth-order valence-electron chi connectivity index (χ4n) is 4.15. The number of rotatable bonds is 7. The molecule has 33 heavy (non-hydrogen) atoms. The number of carbonyl (C=O) groups is 2. The summed E-state index contributed by atoms with van der Waals surface area (Å²) in [5.74, 6) is -0.204. The summed E-state index contributed by atoms with van der Waals surface area (Å²) in [4.78, 5) is 26.6. The van der Waals surface area contributed by atoms with Crippen molar-refractivity contribution in [1.82, 2.24) is 9.62 Å². The molecule has 0 spiro atoms. The van der Waals surface area contributed by atoms with E-state index in [0.717, 1.165) is 24.2 Å². The zero-order valence-corrected chi connectivity index (χ0v) is 19.6. The molecule has 8 nitrogen and oxygen atoms in total. The molecule has 2 aromatic carbocycles. The van der Waals surface area contributed by atoms with Crippen LogP contribution < -0.4 is 10.2 Å². The van der Waals surface area contributed by atoms with E-state index in [2.05, 4.69) is 5.32 Å². The lowest BCUT2D eigenvalue weighted by molar-refractivity contribution is -0.117. The third-order valence-corrected chi connectivity index (χ3v) is 8.05. The van der Waals surface area contributed by atoms with Crippen LogP contribution in [0.15, 0.2) is 47.4 Å². The number of hydrogen-bond acceptors (Lipinski definition) is 5. The van der Waals surface area contributed by atoms with E-state index < -0.39 is 10.0 Å². The van der Waals surface area contributed by atoms with E-state index in [1.165, 1.54) is 10.4 Å². The van der Waals surface area contributed by atoms with E-state index in [0.29, 0.717) is 56.8 Å². The summed E-state index contributed by atoms with van der Waals surface area (Å²) >= 11 is 0. The summed E-state index contributed by atoms with van der Waals surface area (Å²) < 4.78 is 33.1. The molecular weight excluding hydrogens is 442 g/mol. The molecule has 0 aromatic heterocycles. The van der Waals surface area contributed by atoms with Crippen molar-refractivity contribution in [2.75, 3.05) is 37.7 Å². The number of carbonyl (C=O) groups excluding carboxylic acids is 2. The summed E-state index contributed by atoms with van der Waals surface area (Å²) in [6.45, 7) is 4.28. The van der Waals surface area contributed by atoms with Gasteiger partial charge in [-0.25, -0.2) is 8.42 Å². The zero-order chi connectivity index (χ0) is 23.4. The molecule has 2 heterocycles. The smallest absolute Gasteiger partial charge is 0.251 e. The minimum Gasteiger partial charge on any atom is -0.379 e. The quantitative estimate of drug-likeness (QED) is 0.669. The van der Waals surface area contributed by atoms with Crippen molar-refractivity contribution in [3.05, 3.63) is 59.2 Å². The van der Waals surface area contributed by atoms with E-state index in [1.807, 2.05) is 31.2 Å². The first kappa shape index (κ1) is 23.4. The Morgan fingerprint density at radius 3 is 2.42 bits per heavy atom. The zero-order valence-electron chi connectivity index (χ0n) is 18.7. The van der Waals surface area contributed by atoms with Crippen molar-refractivity contribution in [3.63, 3.8) is 0 Å². The molecule has 2 aromatic rings. The number of hydrogen-bond donors (Lipinski definition) is 1. The predicted molar refractivity (Wildman–Crippen MR) is 125 cm³/mol. The summed E-state index contributed by atoms with van der Waals surface area (Å²) in [5.41, 5.74) is 2.74. The van der Waals surface area contributed by atoms with Gasteiger partial charge in [0.1, 0.15) is 0 Å². The first-order chi connectivity index (χ1) is 15.9. The predicted octanol–water partition coefficient (Wildman–Crippen LogP) is 2.33. The Bertz CT molecular complexity index is 1130. The van der Waals surface area contributed by atoms with Gasteiger partial charge in [0.25, 0.3) is 5.91 Å². The Hall–Kier alpha value is -2.75. The first-order valence-corrected chi connectivity index (χ1v) is 12.7. The molecule has 2 aliphatic heterocycles. The maximum Gasteiger partial charge on any atom is 0.251 e. The molecule has 2 aliphatic rings. The SMILES string of the molecule is CCc1ccc(C(=O)NCc2ccc(N3CCCC3=O)cc2)cc1S(=O)(=O)N1CCOCC1. The van der Waals surface area contributed by atoms with Crippen molar-refractivity contribution in [3.8, 4) is 0 Å². The molecule has 0 bridgehead atoms. The number of nitrogens with one attached hydrogen (secondary N) is 1. The monoisotopic (exact) mass is 471 g/mol. The van der Waals surface area contributed by atoms with Crippen LogP contribution in [0.4, 0.5) is 5.69 Å². The summed E-state index contributed by atoms with van der Waals surface area (Å²) in [7, 11) is -3.70. The highest BCUT2D eigenvalue weighted by molar-refractivity contribution is 7.89. The highest BCUT2D eigenvalue weighted by Crippen LogP contribution is 2.24. The molecule has 2 amide bonds. The van der Waals surface area contributed by atoms with Gasteiger partial charge >= 0.3 is 0 Å². The van der Waals surface area contributed by atoms with Gasteiger partial charge in [0.05, 0.1) is 18.1 Å². The summed E-state index contributed by atoms with van der Waals surface area (Å²) in [6.07, 6.45) is 2.00. The minimum absolute atomic E-state index is 0.134. The topological polar surface area (TPSA) is 96.0 Å². The van der Waals surface area contributed by atoms with Crippen LogP contribution in [0.5, 0.6) is 0 Å². The molecular formula is C24H29N3O5S. The molecule has 0 unspecified atom stereocenters. The number of benzene rings is 2. The van der Waals surface area contributed by atoms with E-state index >= 15 is 0 Å². The van der Waals surface area contributed by atoms with Crippen LogP contribution in [-0.4, -0.2) is 57.4 Å². The third-order valence-electron chi connectivity index (χ3n) is 6.07. The average Bonchev–Trinajstić information content (AvgIpc) is 3.28. The molecule has 176 valence electrons. The molecule has 2 fully saturated rings. The van der Waals surface area contributed by atoms with Crippen LogP contribution in [0.25, 0.3) is 0 Å². The van der Waals surface area contributed by atoms with Crippen molar-refractivity contribution < 1.29 is 22.7 Å². The second-order valence-electron chi connectivity index (χ2n) is 8.19. The lowest BCUT2D eigenvalue weighted by atomic mass is 10.1. The summed E-state index contributed by atoms with van der Waals surface area (Å²) in [5, 5.41) is 2.86. The van der Waals surface area contributed by atoms with Gasteiger partial charge < -0.3 is 15.0 Å². The van der Waals surface area contributed by atoms with Crippen molar-refractivity contribution >= 4 is 27.5 Å². The second kappa shape index (κ2) is 10.0.